The first-order chi connectivity index (χ1) is 7.58. The van der Waals surface area contributed by atoms with Crippen molar-refractivity contribution in [1.29, 1.82) is 0 Å². The predicted octanol–water partition coefficient (Wildman–Crippen LogP) is 1.43. The van der Waals surface area contributed by atoms with Gasteiger partial charge in [0.2, 0.25) is 0 Å². The van der Waals surface area contributed by atoms with Crippen LogP contribution in [0.3, 0.4) is 0 Å². The van der Waals surface area contributed by atoms with Crippen LogP contribution in [-0.2, 0) is 16.6 Å². The number of ether oxygens (including phenoxy) is 1. The van der Waals surface area contributed by atoms with Gasteiger partial charge in [0, 0.05) is 34.2 Å². The third-order valence-corrected chi connectivity index (χ3v) is 4.02. The first-order valence-electron chi connectivity index (χ1n) is 4.98. The molecule has 0 heterocycles. The molecular weight excluding hydrogens is 229 g/mol. The Morgan fingerprint density at radius 2 is 2.25 bits per heavy atom. The van der Waals surface area contributed by atoms with Crippen LogP contribution in [0.15, 0.2) is 18.2 Å². The number of halogens is 1. The molecule has 0 saturated heterocycles. The first-order valence-corrected chi connectivity index (χ1v) is 6.36. The Labute approximate surface area is 97.2 Å². The minimum absolute atomic E-state index is 0.124. The van der Waals surface area contributed by atoms with Gasteiger partial charge in [-0.2, -0.15) is 0 Å². The summed E-state index contributed by atoms with van der Waals surface area (Å²) >= 11 is 0. The summed E-state index contributed by atoms with van der Waals surface area (Å²) in [6.45, 7) is 2.13. The quantitative estimate of drug-likeness (QED) is 0.853. The van der Waals surface area contributed by atoms with E-state index in [2.05, 4.69) is 0 Å². The van der Waals surface area contributed by atoms with E-state index in [9.17, 15) is 8.60 Å². The van der Waals surface area contributed by atoms with Crippen molar-refractivity contribution >= 4 is 10.8 Å². The van der Waals surface area contributed by atoms with Crippen LogP contribution in [-0.4, -0.2) is 23.1 Å². The number of nitrogens with two attached hydrogens (primary N) is 1. The molecule has 0 saturated carbocycles. The van der Waals surface area contributed by atoms with Gasteiger partial charge >= 0.3 is 0 Å². The van der Waals surface area contributed by atoms with Gasteiger partial charge in [-0.3, -0.25) is 4.21 Å². The summed E-state index contributed by atoms with van der Waals surface area (Å²) < 4.78 is 30.1. The van der Waals surface area contributed by atoms with Crippen LogP contribution in [0.2, 0.25) is 0 Å². The van der Waals surface area contributed by atoms with Crippen molar-refractivity contribution in [2.24, 2.45) is 5.73 Å². The number of hydrogen-bond acceptors (Lipinski definition) is 3. The minimum Gasteiger partial charge on any atom is -0.497 e. The molecule has 0 aliphatic heterocycles. The van der Waals surface area contributed by atoms with E-state index in [1.54, 1.807) is 19.1 Å². The summed E-state index contributed by atoms with van der Waals surface area (Å²) in [6.07, 6.45) is 0. The van der Waals surface area contributed by atoms with Crippen LogP contribution in [0.25, 0.3) is 0 Å². The van der Waals surface area contributed by atoms with E-state index in [4.69, 9.17) is 10.5 Å². The fourth-order valence-corrected chi connectivity index (χ4v) is 2.21. The SMILES string of the molecule is COc1ccc(CS(=O)C(C)CN)c(F)c1. The minimum atomic E-state index is -1.14. The van der Waals surface area contributed by atoms with E-state index in [0.29, 0.717) is 17.9 Å². The van der Waals surface area contributed by atoms with E-state index < -0.39 is 16.6 Å². The molecule has 1 rings (SSSR count). The van der Waals surface area contributed by atoms with E-state index >= 15 is 0 Å². The van der Waals surface area contributed by atoms with E-state index in [1.165, 1.54) is 13.2 Å². The summed E-state index contributed by atoms with van der Waals surface area (Å²) in [5.41, 5.74) is 5.83. The van der Waals surface area contributed by atoms with Gasteiger partial charge in [-0.05, 0) is 13.0 Å². The Kier molecular flexibility index (Phi) is 4.89. The molecule has 2 unspecified atom stereocenters. The summed E-state index contributed by atoms with van der Waals surface area (Å²) in [7, 11) is 0.335. The molecule has 0 fully saturated rings. The topological polar surface area (TPSA) is 52.3 Å². The lowest BCUT2D eigenvalue weighted by Gasteiger charge is -2.09. The highest BCUT2D eigenvalue weighted by Crippen LogP contribution is 2.18. The molecule has 2 atom stereocenters. The highest BCUT2D eigenvalue weighted by Gasteiger charge is 2.12. The number of rotatable bonds is 5. The molecule has 0 amide bonds. The van der Waals surface area contributed by atoms with E-state index in [-0.39, 0.29) is 11.0 Å². The Hall–Kier alpha value is -0.940. The Bertz CT molecular complexity index is 384. The van der Waals surface area contributed by atoms with Gasteiger partial charge in [-0.15, -0.1) is 0 Å². The van der Waals surface area contributed by atoms with Crippen LogP contribution in [0.1, 0.15) is 12.5 Å². The van der Waals surface area contributed by atoms with Gasteiger partial charge in [-0.25, -0.2) is 4.39 Å². The molecule has 2 N–H and O–H groups in total. The zero-order valence-corrected chi connectivity index (χ0v) is 10.2. The van der Waals surface area contributed by atoms with Crippen molar-refractivity contribution < 1.29 is 13.3 Å². The third-order valence-electron chi connectivity index (χ3n) is 2.34. The molecule has 1 aromatic rings. The fourth-order valence-electron chi connectivity index (χ4n) is 1.17. The molecule has 0 aliphatic rings. The fraction of sp³-hybridized carbons (Fsp3) is 0.455. The van der Waals surface area contributed by atoms with E-state index in [0.717, 1.165) is 0 Å². The van der Waals surface area contributed by atoms with Crippen molar-refractivity contribution in [3.8, 4) is 5.75 Å². The average molecular weight is 245 g/mol. The number of hydrogen-bond donors (Lipinski definition) is 1. The maximum atomic E-state index is 13.5. The molecule has 16 heavy (non-hydrogen) atoms. The van der Waals surface area contributed by atoms with E-state index in [1.807, 2.05) is 0 Å². The lowest BCUT2D eigenvalue weighted by Crippen LogP contribution is -2.23. The summed E-state index contributed by atoms with van der Waals surface area (Å²) in [5.74, 6) is 0.254. The normalized spacial score (nSPS) is 14.5. The lowest BCUT2D eigenvalue weighted by molar-refractivity contribution is 0.411. The predicted molar refractivity (Wildman–Crippen MR) is 63.3 cm³/mol. The lowest BCUT2D eigenvalue weighted by atomic mass is 10.2. The molecule has 0 radical (unpaired) electrons. The number of benzene rings is 1. The van der Waals surface area contributed by atoms with Crippen LogP contribution in [0.5, 0.6) is 5.75 Å². The van der Waals surface area contributed by atoms with Crippen molar-refractivity contribution in [3.63, 3.8) is 0 Å². The number of methoxy groups -OCH3 is 1. The van der Waals surface area contributed by atoms with Crippen LogP contribution >= 0.6 is 0 Å². The smallest absolute Gasteiger partial charge is 0.131 e. The van der Waals surface area contributed by atoms with Crippen molar-refractivity contribution in [3.05, 3.63) is 29.6 Å². The van der Waals surface area contributed by atoms with Crippen LogP contribution in [0, 0.1) is 5.82 Å². The molecule has 90 valence electrons. The molecule has 5 heteroatoms. The molecule has 1 aromatic carbocycles. The molecule has 3 nitrogen and oxygen atoms in total. The maximum Gasteiger partial charge on any atom is 0.131 e. The van der Waals surface area contributed by atoms with Crippen LogP contribution in [0.4, 0.5) is 4.39 Å². The van der Waals surface area contributed by atoms with Crippen molar-refractivity contribution in [2.45, 2.75) is 17.9 Å². The van der Waals surface area contributed by atoms with Gasteiger partial charge < -0.3 is 10.5 Å². The molecule has 0 aliphatic carbocycles. The summed E-state index contributed by atoms with van der Waals surface area (Å²) in [4.78, 5) is 0. The Morgan fingerprint density at radius 1 is 1.56 bits per heavy atom. The second-order valence-electron chi connectivity index (χ2n) is 3.53. The zero-order chi connectivity index (χ0) is 12.1. The molecule has 0 bridgehead atoms. The maximum absolute atomic E-state index is 13.5. The highest BCUT2D eigenvalue weighted by molar-refractivity contribution is 7.84. The standard InChI is InChI=1S/C11H16FNO2S/c1-8(6-13)16(14)7-9-3-4-10(15-2)5-11(9)12/h3-5,8H,6-7,13H2,1-2H3. The molecular formula is C11H16FNO2S. The second-order valence-corrected chi connectivity index (χ2v) is 5.38. The van der Waals surface area contributed by atoms with Gasteiger partial charge in [-0.1, -0.05) is 6.07 Å². The van der Waals surface area contributed by atoms with Gasteiger partial charge in [0.05, 0.1) is 12.9 Å². The second kappa shape index (κ2) is 5.96. The highest BCUT2D eigenvalue weighted by atomic mass is 32.2. The van der Waals surface area contributed by atoms with Gasteiger partial charge in [0.15, 0.2) is 0 Å². The van der Waals surface area contributed by atoms with Crippen LogP contribution < -0.4 is 10.5 Å². The summed E-state index contributed by atoms with van der Waals surface area (Å²) in [5, 5.41) is -0.124. The molecule has 0 aromatic heterocycles. The van der Waals surface area contributed by atoms with Gasteiger partial charge in [0.25, 0.3) is 0 Å². The third kappa shape index (κ3) is 3.28. The Balaban J connectivity index is 2.78. The Morgan fingerprint density at radius 3 is 2.75 bits per heavy atom. The molecule has 0 spiro atoms. The first kappa shape index (κ1) is 13.1. The van der Waals surface area contributed by atoms with Gasteiger partial charge in [0.1, 0.15) is 11.6 Å². The summed E-state index contributed by atoms with van der Waals surface area (Å²) in [6, 6.07) is 4.54. The van der Waals surface area contributed by atoms with Crippen molar-refractivity contribution in [2.75, 3.05) is 13.7 Å². The average Bonchev–Trinajstić information content (AvgIpc) is 2.30. The largest absolute Gasteiger partial charge is 0.497 e. The van der Waals surface area contributed by atoms with Crippen molar-refractivity contribution in [1.82, 2.24) is 0 Å². The monoisotopic (exact) mass is 245 g/mol. The zero-order valence-electron chi connectivity index (χ0n) is 9.40.